The summed E-state index contributed by atoms with van der Waals surface area (Å²) in [5, 5.41) is 5.50. The lowest BCUT2D eigenvalue weighted by atomic mass is 10.1. The second-order valence-corrected chi connectivity index (χ2v) is 5.16. The molecule has 90 valence electrons. The highest BCUT2D eigenvalue weighted by atomic mass is 35.5. The van der Waals surface area contributed by atoms with Crippen molar-refractivity contribution < 1.29 is 0 Å². The lowest BCUT2D eigenvalue weighted by molar-refractivity contribution is 0.685. The number of nitrogens with zero attached hydrogens (tertiary/aromatic N) is 3. The van der Waals surface area contributed by atoms with E-state index in [1.807, 2.05) is 32.2 Å². The van der Waals surface area contributed by atoms with Crippen molar-refractivity contribution in [3.63, 3.8) is 0 Å². The summed E-state index contributed by atoms with van der Waals surface area (Å²) in [4.78, 5) is 5.09. The molecule has 2 N–H and O–H groups in total. The Bertz CT molecular complexity index is 524. The van der Waals surface area contributed by atoms with Crippen LogP contribution in [0.5, 0.6) is 0 Å². The van der Waals surface area contributed by atoms with Crippen molar-refractivity contribution in [2.75, 3.05) is 0 Å². The fourth-order valence-corrected chi connectivity index (χ4v) is 2.43. The third kappa shape index (κ3) is 2.80. The highest BCUT2D eigenvalue weighted by Gasteiger charge is 2.09. The number of aryl methyl sites for hydroxylation is 1. The van der Waals surface area contributed by atoms with Crippen molar-refractivity contribution in [1.82, 2.24) is 14.8 Å². The maximum atomic E-state index is 6.21. The smallest absolute Gasteiger partial charge is 0.190 e. The fourth-order valence-electron chi connectivity index (χ4n) is 1.36. The minimum Gasteiger partial charge on any atom is -0.324 e. The zero-order valence-corrected chi connectivity index (χ0v) is 11.2. The maximum absolute atomic E-state index is 6.21. The number of rotatable bonds is 3. The first-order chi connectivity index (χ1) is 8.08. The van der Waals surface area contributed by atoms with Gasteiger partial charge in [0.1, 0.15) is 6.33 Å². The largest absolute Gasteiger partial charge is 0.324 e. The van der Waals surface area contributed by atoms with Crippen molar-refractivity contribution >= 4 is 23.4 Å². The molecule has 0 radical (unpaired) electrons. The molecule has 0 fully saturated rings. The van der Waals surface area contributed by atoms with E-state index in [0.717, 1.165) is 15.6 Å². The van der Waals surface area contributed by atoms with E-state index in [0.29, 0.717) is 5.02 Å². The second-order valence-electron chi connectivity index (χ2n) is 3.75. The molecule has 2 rings (SSSR count). The Morgan fingerprint density at radius 3 is 2.76 bits per heavy atom. The Hall–Kier alpha value is -1.04. The first kappa shape index (κ1) is 12.4. The monoisotopic (exact) mass is 268 g/mol. The average Bonchev–Trinajstić information content (AvgIpc) is 2.67. The second kappa shape index (κ2) is 5.08. The fraction of sp³-hybridized carbons (Fsp3) is 0.273. The third-order valence-electron chi connectivity index (χ3n) is 2.35. The summed E-state index contributed by atoms with van der Waals surface area (Å²) in [6.07, 6.45) is 1.52. The van der Waals surface area contributed by atoms with Crippen LogP contribution in [0.15, 0.2) is 34.6 Å². The zero-order chi connectivity index (χ0) is 12.4. The van der Waals surface area contributed by atoms with E-state index >= 15 is 0 Å². The molecule has 1 atom stereocenters. The Balaban J connectivity index is 2.26. The summed E-state index contributed by atoms with van der Waals surface area (Å²) in [6.45, 7) is 1.93. The van der Waals surface area contributed by atoms with Crippen LogP contribution in [-0.4, -0.2) is 14.8 Å². The summed E-state index contributed by atoms with van der Waals surface area (Å²) in [7, 11) is 1.85. The van der Waals surface area contributed by atoms with Crippen molar-refractivity contribution in [3.05, 3.63) is 35.1 Å². The van der Waals surface area contributed by atoms with E-state index in [2.05, 4.69) is 10.1 Å². The summed E-state index contributed by atoms with van der Waals surface area (Å²) >= 11 is 7.69. The standard InChI is InChI=1S/C11H13ClN4S/c1-7(13)8-3-4-10(9(12)5-8)17-11-14-6-15-16(11)2/h3-7H,13H2,1-2H3. The molecule has 0 bridgehead atoms. The van der Waals surface area contributed by atoms with E-state index in [9.17, 15) is 0 Å². The van der Waals surface area contributed by atoms with Crippen molar-refractivity contribution in [3.8, 4) is 0 Å². The molecular formula is C11H13ClN4S. The van der Waals surface area contributed by atoms with Gasteiger partial charge >= 0.3 is 0 Å². The quantitative estimate of drug-likeness (QED) is 0.930. The maximum Gasteiger partial charge on any atom is 0.190 e. The molecule has 0 amide bonds. The van der Waals surface area contributed by atoms with Gasteiger partial charge in [-0.15, -0.1) is 0 Å². The SMILES string of the molecule is CC(N)c1ccc(Sc2ncnn2C)c(Cl)c1. The summed E-state index contributed by atoms with van der Waals surface area (Å²) < 4.78 is 1.71. The number of nitrogens with two attached hydrogens (primary N) is 1. The third-order valence-corrected chi connectivity index (χ3v) is 3.91. The number of benzene rings is 1. The van der Waals surface area contributed by atoms with Gasteiger partial charge in [0.05, 0.1) is 5.02 Å². The number of hydrogen-bond donors (Lipinski definition) is 1. The van der Waals surface area contributed by atoms with Gasteiger partial charge in [-0.25, -0.2) is 9.67 Å². The molecule has 6 heteroatoms. The minimum absolute atomic E-state index is 0.0126. The molecule has 0 aliphatic heterocycles. The summed E-state index contributed by atoms with van der Waals surface area (Å²) in [5.74, 6) is 0. The Morgan fingerprint density at radius 1 is 1.47 bits per heavy atom. The highest BCUT2D eigenvalue weighted by Crippen LogP contribution is 2.33. The molecule has 0 saturated carbocycles. The molecule has 1 aromatic carbocycles. The first-order valence-electron chi connectivity index (χ1n) is 5.15. The van der Waals surface area contributed by atoms with Crippen LogP contribution in [0.1, 0.15) is 18.5 Å². The van der Waals surface area contributed by atoms with Crippen LogP contribution < -0.4 is 5.73 Å². The van der Waals surface area contributed by atoms with Gasteiger partial charge in [-0.05, 0) is 36.4 Å². The Labute approximate surface area is 109 Å². The van der Waals surface area contributed by atoms with Crippen LogP contribution in [0.25, 0.3) is 0 Å². The molecule has 0 aliphatic carbocycles. The molecule has 2 aromatic rings. The molecular weight excluding hydrogens is 256 g/mol. The molecule has 4 nitrogen and oxygen atoms in total. The van der Waals surface area contributed by atoms with E-state index in [1.165, 1.54) is 18.1 Å². The molecule has 1 aromatic heterocycles. The van der Waals surface area contributed by atoms with Crippen LogP contribution in [0.4, 0.5) is 0 Å². The number of aromatic nitrogens is 3. The van der Waals surface area contributed by atoms with Crippen LogP contribution in [0, 0.1) is 0 Å². The van der Waals surface area contributed by atoms with Crippen LogP contribution in [0.2, 0.25) is 5.02 Å². The first-order valence-corrected chi connectivity index (χ1v) is 6.34. The van der Waals surface area contributed by atoms with Crippen molar-refractivity contribution in [2.24, 2.45) is 12.8 Å². The van der Waals surface area contributed by atoms with Gasteiger partial charge in [-0.3, -0.25) is 0 Å². The molecule has 0 aliphatic rings. The van der Waals surface area contributed by atoms with Gasteiger partial charge in [0, 0.05) is 18.0 Å². The van der Waals surface area contributed by atoms with Gasteiger partial charge in [-0.1, -0.05) is 17.7 Å². The topological polar surface area (TPSA) is 56.7 Å². The minimum atomic E-state index is -0.0126. The predicted molar refractivity (Wildman–Crippen MR) is 69.2 cm³/mol. The van der Waals surface area contributed by atoms with E-state index in [1.54, 1.807) is 4.68 Å². The normalized spacial score (nSPS) is 12.7. The average molecular weight is 269 g/mol. The van der Waals surface area contributed by atoms with Gasteiger partial charge in [0.2, 0.25) is 0 Å². The lowest BCUT2D eigenvalue weighted by Crippen LogP contribution is -2.04. The van der Waals surface area contributed by atoms with E-state index in [-0.39, 0.29) is 6.04 Å². The summed E-state index contributed by atoms with van der Waals surface area (Å²) in [5.41, 5.74) is 6.83. The van der Waals surface area contributed by atoms with E-state index < -0.39 is 0 Å². The zero-order valence-electron chi connectivity index (χ0n) is 9.59. The molecule has 0 saturated heterocycles. The predicted octanol–water partition coefficient (Wildman–Crippen LogP) is 2.64. The number of halogens is 1. The number of hydrogen-bond acceptors (Lipinski definition) is 4. The lowest BCUT2D eigenvalue weighted by Gasteiger charge is -2.08. The molecule has 1 unspecified atom stereocenters. The van der Waals surface area contributed by atoms with Crippen LogP contribution in [0.3, 0.4) is 0 Å². The summed E-state index contributed by atoms with van der Waals surface area (Å²) in [6, 6.07) is 5.82. The van der Waals surface area contributed by atoms with Gasteiger partial charge in [0.15, 0.2) is 5.16 Å². The highest BCUT2D eigenvalue weighted by molar-refractivity contribution is 7.99. The molecule has 17 heavy (non-hydrogen) atoms. The van der Waals surface area contributed by atoms with Gasteiger partial charge in [-0.2, -0.15) is 5.10 Å². The van der Waals surface area contributed by atoms with Crippen LogP contribution in [-0.2, 0) is 7.05 Å². The van der Waals surface area contributed by atoms with E-state index in [4.69, 9.17) is 17.3 Å². The van der Waals surface area contributed by atoms with Crippen molar-refractivity contribution in [2.45, 2.75) is 23.0 Å². The van der Waals surface area contributed by atoms with Crippen LogP contribution >= 0.6 is 23.4 Å². The molecule has 1 heterocycles. The molecule has 0 spiro atoms. The van der Waals surface area contributed by atoms with Crippen molar-refractivity contribution in [1.29, 1.82) is 0 Å². The van der Waals surface area contributed by atoms with Gasteiger partial charge < -0.3 is 5.73 Å². The Kier molecular flexibility index (Phi) is 3.71. The Morgan fingerprint density at radius 2 is 2.24 bits per heavy atom. The van der Waals surface area contributed by atoms with Gasteiger partial charge in [0.25, 0.3) is 0 Å².